The number of hydrogen-bond acceptors (Lipinski definition) is 5. The molecule has 0 aliphatic carbocycles. The highest BCUT2D eigenvalue weighted by molar-refractivity contribution is 5.81. The molecule has 2 aromatic carbocycles. The molecule has 0 radical (unpaired) electrons. The van der Waals surface area contributed by atoms with Crippen molar-refractivity contribution in [1.82, 2.24) is 5.32 Å². The highest BCUT2D eigenvalue weighted by atomic mass is 16.5. The Morgan fingerprint density at radius 1 is 0.885 bits per heavy atom. The van der Waals surface area contributed by atoms with Crippen molar-refractivity contribution in [1.29, 1.82) is 0 Å². The van der Waals surface area contributed by atoms with E-state index in [0.717, 1.165) is 5.56 Å². The summed E-state index contributed by atoms with van der Waals surface area (Å²) in [7, 11) is 4.75. The predicted octanol–water partition coefficient (Wildman–Crippen LogP) is 3.36. The van der Waals surface area contributed by atoms with Crippen LogP contribution in [0, 0.1) is 0 Å². The first-order valence-electron chi connectivity index (χ1n) is 8.32. The van der Waals surface area contributed by atoms with Gasteiger partial charge < -0.3 is 24.3 Å². The Hall–Kier alpha value is -2.89. The summed E-state index contributed by atoms with van der Waals surface area (Å²) in [5.41, 5.74) is 0.824. The summed E-state index contributed by atoms with van der Waals surface area (Å²) in [6.45, 7) is 3.57. The molecule has 2 aromatic rings. The topological polar surface area (TPSA) is 66.0 Å². The quantitative estimate of drug-likeness (QED) is 0.783. The summed E-state index contributed by atoms with van der Waals surface area (Å²) >= 11 is 0. The van der Waals surface area contributed by atoms with E-state index in [1.807, 2.05) is 37.3 Å². The van der Waals surface area contributed by atoms with E-state index in [9.17, 15) is 4.79 Å². The second-order valence-corrected chi connectivity index (χ2v) is 5.75. The number of carbonyl (C=O) groups excluding carboxylic acids is 1. The average molecular weight is 359 g/mol. The van der Waals surface area contributed by atoms with Crippen LogP contribution in [0.2, 0.25) is 0 Å². The smallest absolute Gasteiger partial charge is 0.261 e. The molecular weight excluding hydrogens is 334 g/mol. The molecule has 6 nitrogen and oxygen atoms in total. The Balaban J connectivity index is 2.09. The van der Waals surface area contributed by atoms with E-state index in [0.29, 0.717) is 23.0 Å². The third kappa shape index (κ3) is 4.59. The van der Waals surface area contributed by atoms with Gasteiger partial charge in [-0.25, -0.2) is 0 Å². The second kappa shape index (κ2) is 8.99. The molecule has 2 atom stereocenters. The summed E-state index contributed by atoms with van der Waals surface area (Å²) in [5, 5.41) is 2.94. The maximum Gasteiger partial charge on any atom is 0.261 e. The lowest BCUT2D eigenvalue weighted by Crippen LogP contribution is -2.37. The lowest BCUT2D eigenvalue weighted by molar-refractivity contribution is -0.128. The van der Waals surface area contributed by atoms with Gasteiger partial charge in [0.05, 0.1) is 27.4 Å². The van der Waals surface area contributed by atoms with Gasteiger partial charge in [-0.05, 0) is 44.2 Å². The number of methoxy groups -OCH3 is 3. The normalized spacial score (nSPS) is 12.7. The highest BCUT2D eigenvalue weighted by Gasteiger charge is 2.21. The van der Waals surface area contributed by atoms with Gasteiger partial charge in [0.2, 0.25) is 0 Å². The first-order chi connectivity index (χ1) is 12.5. The molecule has 2 rings (SSSR count). The van der Waals surface area contributed by atoms with E-state index >= 15 is 0 Å². The van der Waals surface area contributed by atoms with Crippen LogP contribution in [-0.4, -0.2) is 33.3 Å². The minimum atomic E-state index is -0.689. The number of amides is 1. The number of para-hydroxylation sites is 2. The fourth-order valence-electron chi connectivity index (χ4n) is 2.55. The van der Waals surface area contributed by atoms with Crippen LogP contribution < -0.4 is 24.3 Å². The fourth-order valence-corrected chi connectivity index (χ4v) is 2.55. The minimum Gasteiger partial charge on any atom is -0.497 e. The zero-order chi connectivity index (χ0) is 19.1. The fraction of sp³-hybridized carbons (Fsp3) is 0.350. The van der Waals surface area contributed by atoms with Crippen LogP contribution in [0.4, 0.5) is 0 Å². The predicted molar refractivity (Wildman–Crippen MR) is 99.2 cm³/mol. The Morgan fingerprint density at radius 3 is 2.15 bits per heavy atom. The molecule has 0 saturated carbocycles. The van der Waals surface area contributed by atoms with E-state index in [4.69, 9.17) is 18.9 Å². The Kier molecular flexibility index (Phi) is 6.72. The Labute approximate surface area is 154 Å². The third-order valence-electron chi connectivity index (χ3n) is 4.00. The summed E-state index contributed by atoms with van der Waals surface area (Å²) in [4.78, 5) is 12.5. The molecule has 0 fully saturated rings. The maximum atomic E-state index is 12.5. The van der Waals surface area contributed by atoms with Gasteiger partial charge in [-0.1, -0.05) is 12.1 Å². The molecular formula is C20H25NO5. The van der Waals surface area contributed by atoms with Crippen LogP contribution in [0.25, 0.3) is 0 Å². The first-order valence-corrected chi connectivity index (χ1v) is 8.32. The molecule has 0 bridgehead atoms. The molecule has 0 aliphatic heterocycles. The maximum absolute atomic E-state index is 12.5. The number of nitrogens with one attached hydrogen (secondary N) is 1. The summed E-state index contributed by atoms with van der Waals surface area (Å²) < 4.78 is 21.6. The van der Waals surface area contributed by atoms with Crippen molar-refractivity contribution >= 4 is 5.91 Å². The van der Waals surface area contributed by atoms with Gasteiger partial charge in [-0.15, -0.1) is 0 Å². The molecule has 6 heteroatoms. The Morgan fingerprint density at radius 2 is 1.54 bits per heavy atom. The summed E-state index contributed by atoms with van der Waals surface area (Å²) in [5.74, 6) is 2.23. The van der Waals surface area contributed by atoms with E-state index in [2.05, 4.69) is 5.32 Å². The number of benzene rings is 2. The van der Waals surface area contributed by atoms with Crippen LogP contribution in [0.5, 0.6) is 23.0 Å². The van der Waals surface area contributed by atoms with Crippen molar-refractivity contribution in [3.05, 3.63) is 48.0 Å². The molecule has 0 saturated heterocycles. The SMILES string of the molecule is COc1ccc(OC)c([C@@H](C)NC(=O)[C@@H](C)Oc2ccccc2OC)c1. The molecule has 0 spiro atoms. The van der Waals surface area contributed by atoms with Gasteiger partial charge in [0.25, 0.3) is 5.91 Å². The van der Waals surface area contributed by atoms with E-state index in [1.165, 1.54) is 0 Å². The van der Waals surface area contributed by atoms with Crippen molar-refractivity contribution in [3.8, 4) is 23.0 Å². The number of carbonyl (C=O) groups is 1. The van der Waals surface area contributed by atoms with E-state index < -0.39 is 6.10 Å². The van der Waals surface area contributed by atoms with Crippen LogP contribution >= 0.6 is 0 Å². The number of ether oxygens (including phenoxy) is 4. The minimum absolute atomic E-state index is 0.242. The van der Waals surface area contributed by atoms with Crippen molar-refractivity contribution in [2.75, 3.05) is 21.3 Å². The van der Waals surface area contributed by atoms with Gasteiger partial charge in [0, 0.05) is 5.56 Å². The van der Waals surface area contributed by atoms with Crippen LogP contribution in [-0.2, 0) is 4.79 Å². The zero-order valence-corrected chi connectivity index (χ0v) is 15.7. The second-order valence-electron chi connectivity index (χ2n) is 5.75. The van der Waals surface area contributed by atoms with Crippen molar-refractivity contribution < 1.29 is 23.7 Å². The van der Waals surface area contributed by atoms with E-state index in [-0.39, 0.29) is 11.9 Å². The van der Waals surface area contributed by atoms with Gasteiger partial charge in [-0.3, -0.25) is 4.79 Å². The van der Waals surface area contributed by atoms with Crippen LogP contribution in [0.1, 0.15) is 25.5 Å². The zero-order valence-electron chi connectivity index (χ0n) is 15.7. The molecule has 0 aliphatic rings. The van der Waals surface area contributed by atoms with E-state index in [1.54, 1.807) is 40.4 Å². The largest absolute Gasteiger partial charge is 0.497 e. The molecule has 1 amide bonds. The lowest BCUT2D eigenvalue weighted by atomic mass is 10.1. The van der Waals surface area contributed by atoms with Crippen molar-refractivity contribution in [3.63, 3.8) is 0 Å². The Bertz CT molecular complexity index is 747. The van der Waals surface area contributed by atoms with Gasteiger partial charge in [0.15, 0.2) is 17.6 Å². The van der Waals surface area contributed by atoms with Crippen LogP contribution in [0.3, 0.4) is 0 Å². The molecule has 26 heavy (non-hydrogen) atoms. The highest BCUT2D eigenvalue weighted by Crippen LogP contribution is 2.30. The third-order valence-corrected chi connectivity index (χ3v) is 4.00. The number of hydrogen-bond donors (Lipinski definition) is 1. The lowest BCUT2D eigenvalue weighted by Gasteiger charge is -2.21. The molecule has 0 heterocycles. The van der Waals surface area contributed by atoms with Crippen LogP contribution in [0.15, 0.2) is 42.5 Å². The molecule has 0 unspecified atom stereocenters. The van der Waals surface area contributed by atoms with Crippen molar-refractivity contribution in [2.24, 2.45) is 0 Å². The average Bonchev–Trinajstić information content (AvgIpc) is 2.67. The molecule has 140 valence electrons. The van der Waals surface area contributed by atoms with Gasteiger partial charge in [0.1, 0.15) is 11.5 Å². The summed E-state index contributed by atoms with van der Waals surface area (Å²) in [6, 6.07) is 12.4. The summed E-state index contributed by atoms with van der Waals surface area (Å²) in [6.07, 6.45) is -0.689. The van der Waals surface area contributed by atoms with Gasteiger partial charge in [-0.2, -0.15) is 0 Å². The first kappa shape index (κ1) is 19.4. The molecule has 0 aromatic heterocycles. The number of rotatable bonds is 8. The molecule has 1 N–H and O–H groups in total. The standard InChI is InChI=1S/C20H25NO5/c1-13(16-12-15(23-3)10-11-17(16)24-4)21-20(22)14(2)26-19-9-7-6-8-18(19)25-5/h6-14H,1-5H3,(H,21,22)/t13-,14-/m1/s1. The monoisotopic (exact) mass is 359 g/mol. The van der Waals surface area contributed by atoms with Gasteiger partial charge >= 0.3 is 0 Å². The van der Waals surface area contributed by atoms with Crippen molar-refractivity contribution in [2.45, 2.75) is 26.0 Å².